The molecule has 0 spiro atoms. The molecule has 4 aliphatic rings. The first-order valence-electron chi connectivity index (χ1n) is 9.33. The Kier molecular flexibility index (Phi) is 5.24. The molecular formula is C18H23F2N5O3. The fourth-order valence-electron chi connectivity index (χ4n) is 4.06. The predicted molar refractivity (Wildman–Crippen MR) is 98.3 cm³/mol. The van der Waals surface area contributed by atoms with Crippen molar-refractivity contribution in [3.63, 3.8) is 0 Å². The van der Waals surface area contributed by atoms with E-state index >= 15 is 0 Å². The smallest absolute Gasteiger partial charge is 0.345 e. The molecule has 0 aromatic heterocycles. The molecule has 4 heterocycles. The van der Waals surface area contributed by atoms with E-state index in [9.17, 15) is 13.6 Å². The maximum Gasteiger partial charge on any atom is 0.345 e. The van der Waals surface area contributed by atoms with Crippen LogP contribution in [0.2, 0.25) is 0 Å². The second-order valence-corrected chi connectivity index (χ2v) is 7.29. The number of allylic oxidation sites excluding steroid dienone is 2. The number of carbonyl (C=O) groups is 1. The van der Waals surface area contributed by atoms with E-state index < -0.39 is 18.9 Å². The summed E-state index contributed by atoms with van der Waals surface area (Å²) in [6.07, 6.45) is 3.57. The predicted octanol–water partition coefficient (Wildman–Crippen LogP) is 1.49. The van der Waals surface area contributed by atoms with Gasteiger partial charge in [-0.3, -0.25) is 24.7 Å². The summed E-state index contributed by atoms with van der Waals surface area (Å²) in [7, 11) is 3.29. The number of fused-ring (bicyclic) bond motifs is 1. The van der Waals surface area contributed by atoms with Crippen molar-refractivity contribution in [3.05, 3.63) is 11.8 Å². The lowest BCUT2D eigenvalue weighted by atomic mass is 9.90. The van der Waals surface area contributed by atoms with E-state index in [4.69, 9.17) is 9.73 Å². The van der Waals surface area contributed by atoms with Gasteiger partial charge < -0.3 is 9.47 Å². The Bertz CT molecular complexity index is 766. The van der Waals surface area contributed by atoms with Gasteiger partial charge in [0.15, 0.2) is 6.23 Å². The van der Waals surface area contributed by atoms with Gasteiger partial charge in [-0.15, -0.1) is 0 Å². The van der Waals surface area contributed by atoms with E-state index in [1.807, 2.05) is 18.1 Å². The van der Waals surface area contributed by atoms with E-state index in [-0.39, 0.29) is 17.7 Å². The van der Waals surface area contributed by atoms with Crippen molar-refractivity contribution in [1.29, 1.82) is 0 Å². The van der Waals surface area contributed by atoms with E-state index in [0.29, 0.717) is 19.4 Å². The molecular weight excluding hydrogens is 372 g/mol. The van der Waals surface area contributed by atoms with Crippen LogP contribution >= 0.6 is 0 Å². The summed E-state index contributed by atoms with van der Waals surface area (Å²) in [6, 6.07) is 0. The average molecular weight is 395 g/mol. The van der Waals surface area contributed by atoms with Crippen LogP contribution in [-0.4, -0.2) is 79.8 Å². The van der Waals surface area contributed by atoms with Crippen LogP contribution in [0.1, 0.15) is 19.3 Å². The number of hydrazone groups is 1. The minimum Gasteiger partial charge on any atom is -0.357 e. The van der Waals surface area contributed by atoms with Gasteiger partial charge in [-0.2, -0.15) is 13.9 Å². The van der Waals surface area contributed by atoms with Crippen LogP contribution < -0.4 is 0 Å². The van der Waals surface area contributed by atoms with E-state index in [2.05, 4.69) is 14.8 Å². The number of alkyl halides is 2. The number of halogens is 2. The first-order chi connectivity index (χ1) is 13.5. The SMILES string of the molecule is COC1N=CC(C2=CCC3C(=O)N(C4=NN(C)CC4)CC3=N2)CC1OC(F)F. The maximum atomic E-state index is 12.7. The van der Waals surface area contributed by atoms with Crippen LogP contribution in [0.4, 0.5) is 8.78 Å². The summed E-state index contributed by atoms with van der Waals surface area (Å²) in [5.74, 6) is 0.290. The molecule has 0 aromatic rings. The normalized spacial score (nSPS) is 32.6. The van der Waals surface area contributed by atoms with Crippen molar-refractivity contribution < 1.29 is 23.0 Å². The number of rotatable bonds is 4. The van der Waals surface area contributed by atoms with Crippen molar-refractivity contribution >= 4 is 23.7 Å². The number of amides is 1. The summed E-state index contributed by atoms with van der Waals surface area (Å²) in [6.45, 7) is -1.67. The van der Waals surface area contributed by atoms with Crippen molar-refractivity contribution in [2.75, 3.05) is 27.2 Å². The first-order valence-corrected chi connectivity index (χ1v) is 9.33. The lowest BCUT2D eigenvalue weighted by Gasteiger charge is -2.30. The largest absolute Gasteiger partial charge is 0.357 e. The Morgan fingerprint density at radius 3 is 2.86 bits per heavy atom. The number of carbonyl (C=O) groups excluding carboxylic acids is 1. The third-order valence-corrected chi connectivity index (χ3v) is 5.49. The fraction of sp³-hybridized carbons (Fsp3) is 0.667. The number of likely N-dealkylation sites (tertiary alicyclic amines) is 1. The molecule has 0 radical (unpaired) electrons. The summed E-state index contributed by atoms with van der Waals surface area (Å²) >= 11 is 0. The van der Waals surface area contributed by atoms with Crippen LogP contribution in [0.5, 0.6) is 0 Å². The van der Waals surface area contributed by atoms with Gasteiger partial charge in [-0.25, -0.2) is 0 Å². The molecule has 8 nitrogen and oxygen atoms in total. The van der Waals surface area contributed by atoms with Gasteiger partial charge in [0.05, 0.1) is 18.2 Å². The van der Waals surface area contributed by atoms with Gasteiger partial charge >= 0.3 is 6.61 Å². The molecule has 4 rings (SSSR count). The molecule has 152 valence electrons. The third kappa shape index (κ3) is 3.58. The molecule has 0 saturated carbocycles. The third-order valence-electron chi connectivity index (χ3n) is 5.49. The first kappa shape index (κ1) is 19.1. The summed E-state index contributed by atoms with van der Waals surface area (Å²) < 4.78 is 35.2. The molecule has 0 bridgehead atoms. The highest BCUT2D eigenvalue weighted by atomic mass is 19.3. The molecule has 28 heavy (non-hydrogen) atoms. The van der Waals surface area contributed by atoms with Gasteiger partial charge in [-0.1, -0.05) is 6.08 Å². The Labute approximate surface area is 161 Å². The monoisotopic (exact) mass is 395 g/mol. The molecule has 0 N–H and O–H groups in total. The zero-order valence-corrected chi connectivity index (χ0v) is 15.8. The van der Waals surface area contributed by atoms with Crippen molar-refractivity contribution in [1.82, 2.24) is 9.91 Å². The lowest BCUT2D eigenvalue weighted by molar-refractivity contribution is -0.194. The van der Waals surface area contributed by atoms with Gasteiger partial charge in [0.1, 0.15) is 11.9 Å². The lowest BCUT2D eigenvalue weighted by Crippen LogP contribution is -2.37. The molecule has 4 atom stereocenters. The van der Waals surface area contributed by atoms with Gasteiger partial charge in [0.2, 0.25) is 5.91 Å². The number of nitrogens with zero attached hydrogens (tertiary/aromatic N) is 5. The minimum absolute atomic E-state index is 0.0266. The second-order valence-electron chi connectivity index (χ2n) is 7.29. The zero-order valence-electron chi connectivity index (χ0n) is 15.8. The molecule has 1 fully saturated rings. The molecule has 4 aliphatic heterocycles. The van der Waals surface area contributed by atoms with Crippen molar-refractivity contribution in [3.8, 4) is 0 Å². The summed E-state index contributed by atoms with van der Waals surface area (Å²) in [5, 5.41) is 6.23. The molecule has 1 saturated heterocycles. The quantitative estimate of drug-likeness (QED) is 0.723. The van der Waals surface area contributed by atoms with Crippen LogP contribution in [-0.2, 0) is 14.3 Å². The van der Waals surface area contributed by atoms with Gasteiger partial charge in [-0.05, 0) is 12.8 Å². The molecule has 0 aliphatic carbocycles. The minimum atomic E-state index is -2.89. The average Bonchev–Trinajstić information content (AvgIpc) is 3.24. The highest BCUT2D eigenvalue weighted by Crippen LogP contribution is 2.33. The van der Waals surface area contributed by atoms with E-state index in [1.165, 1.54) is 7.11 Å². The van der Waals surface area contributed by atoms with Crippen LogP contribution in [0.25, 0.3) is 0 Å². The maximum absolute atomic E-state index is 12.7. The Hall–Kier alpha value is -2.20. The Balaban J connectivity index is 1.49. The topological polar surface area (TPSA) is 79.1 Å². The van der Waals surface area contributed by atoms with Crippen molar-refractivity contribution in [2.45, 2.75) is 38.2 Å². The number of ether oxygens (including phenoxy) is 2. The van der Waals surface area contributed by atoms with Gasteiger partial charge in [0.25, 0.3) is 0 Å². The standard InChI is InChI=1S/C18H23F2N5O3/c1-24-6-5-15(23-24)25-9-13-11(17(25)26)3-4-12(22-13)10-7-14(28-18(19)20)16(27-2)21-8-10/h4,8,10-11,14,16,18H,3,5-7,9H2,1-2H3. The highest BCUT2D eigenvalue weighted by Gasteiger charge is 2.42. The second kappa shape index (κ2) is 7.67. The summed E-state index contributed by atoms with van der Waals surface area (Å²) in [5.41, 5.74) is 1.54. The van der Waals surface area contributed by atoms with E-state index in [1.54, 1.807) is 11.1 Å². The number of amidine groups is 1. The summed E-state index contributed by atoms with van der Waals surface area (Å²) in [4.78, 5) is 23.4. The number of hydrogen-bond acceptors (Lipinski definition) is 7. The molecule has 4 unspecified atom stereocenters. The van der Waals surface area contributed by atoms with Crippen molar-refractivity contribution in [2.24, 2.45) is 26.9 Å². The van der Waals surface area contributed by atoms with Crippen LogP contribution in [0.15, 0.2) is 26.9 Å². The zero-order chi connectivity index (χ0) is 19.8. The number of methoxy groups -OCH3 is 1. The van der Waals surface area contributed by atoms with Crippen LogP contribution in [0, 0.1) is 11.8 Å². The molecule has 1 amide bonds. The Morgan fingerprint density at radius 1 is 1.36 bits per heavy atom. The Morgan fingerprint density at radius 2 is 2.18 bits per heavy atom. The highest BCUT2D eigenvalue weighted by molar-refractivity contribution is 6.18. The number of hydrogen-bond donors (Lipinski definition) is 0. The van der Waals surface area contributed by atoms with E-state index in [0.717, 1.165) is 30.2 Å². The molecule has 10 heteroatoms. The fourth-order valence-corrected chi connectivity index (χ4v) is 4.06. The van der Waals surface area contributed by atoms with Crippen LogP contribution in [0.3, 0.4) is 0 Å². The number of aliphatic imine (C=N–C) groups is 2. The van der Waals surface area contributed by atoms with Gasteiger partial charge in [0, 0.05) is 45.0 Å². The molecule has 0 aromatic carbocycles.